The molecular weight excluding hydrogens is 469 g/mol. The van der Waals surface area contributed by atoms with E-state index >= 15 is 0 Å². The van der Waals surface area contributed by atoms with Crippen molar-refractivity contribution >= 4 is 29.9 Å². The number of guanidine groups is 1. The Kier molecular flexibility index (Phi) is 10.4. The summed E-state index contributed by atoms with van der Waals surface area (Å²) in [5.74, 6) is 1.83. The molecule has 0 saturated carbocycles. The second-order valence-corrected chi connectivity index (χ2v) is 7.26. The van der Waals surface area contributed by atoms with Gasteiger partial charge in [0.2, 0.25) is 0 Å². The number of ether oxygens (including phenoxy) is 3. The number of piperidine rings is 1. The van der Waals surface area contributed by atoms with Crippen molar-refractivity contribution in [1.82, 2.24) is 10.2 Å². The van der Waals surface area contributed by atoms with Crippen LogP contribution in [-0.4, -0.2) is 63.5 Å². The number of halogens is 1. The van der Waals surface area contributed by atoms with Crippen molar-refractivity contribution < 1.29 is 14.2 Å². The first-order valence-electron chi connectivity index (χ1n) is 10.1. The summed E-state index contributed by atoms with van der Waals surface area (Å²) >= 11 is 0. The lowest BCUT2D eigenvalue weighted by atomic mass is 10.1. The van der Waals surface area contributed by atoms with Crippen LogP contribution in [0.15, 0.2) is 29.3 Å². The second-order valence-electron chi connectivity index (χ2n) is 7.26. The maximum absolute atomic E-state index is 6.11. The summed E-state index contributed by atoms with van der Waals surface area (Å²) in [5.41, 5.74) is 1.18. The molecule has 1 aromatic rings. The summed E-state index contributed by atoms with van der Waals surface area (Å²) in [6.07, 6.45) is 6.30. The highest BCUT2D eigenvalue weighted by atomic mass is 127. The number of likely N-dealkylation sites (tertiary alicyclic amines) is 1. The van der Waals surface area contributed by atoms with Crippen molar-refractivity contribution in [3.63, 3.8) is 0 Å². The molecule has 0 radical (unpaired) electrons. The van der Waals surface area contributed by atoms with Crippen molar-refractivity contribution in [3.8, 4) is 5.75 Å². The van der Waals surface area contributed by atoms with Gasteiger partial charge in [-0.15, -0.1) is 24.0 Å². The van der Waals surface area contributed by atoms with Gasteiger partial charge >= 0.3 is 0 Å². The Bertz CT molecular complexity index is 600. The molecule has 158 valence electrons. The van der Waals surface area contributed by atoms with Crippen molar-refractivity contribution in [3.05, 3.63) is 29.8 Å². The average Bonchev–Trinajstić information content (AvgIpc) is 2.74. The molecule has 1 atom stereocenters. The van der Waals surface area contributed by atoms with Crippen molar-refractivity contribution in [2.24, 2.45) is 4.99 Å². The molecule has 2 saturated heterocycles. The van der Waals surface area contributed by atoms with Gasteiger partial charge in [0.1, 0.15) is 5.75 Å². The maximum Gasteiger partial charge on any atom is 0.193 e. The molecule has 1 unspecified atom stereocenters. The van der Waals surface area contributed by atoms with Gasteiger partial charge in [-0.05, 0) is 49.8 Å². The fraction of sp³-hybridized carbons (Fsp3) is 0.667. The molecule has 0 aromatic heterocycles. The molecule has 28 heavy (non-hydrogen) atoms. The van der Waals surface area contributed by atoms with E-state index in [9.17, 15) is 0 Å². The lowest BCUT2D eigenvalue weighted by Crippen LogP contribution is -2.47. The van der Waals surface area contributed by atoms with Crippen molar-refractivity contribution in [2.45, 2.75) is 50.9 Å². The van der Waals surface area contributed by atoms with Gasteiger partial charge in [-0.25, -0.2) is 0 Å². The van der Waals surface area contributed by atoms with E-state index in [4.69, 9.17) is 14.2 Å². The molecule has 2 heterocycles. The van der Waals surface area contributed by atoms with Gasteiger partial charge in [-0.1, -0.05) is 12.1 Å². The Morgan fingerprint density at radius 3 is 2.75 bits per heavy atom. The summed E-state index contributed by atoms with van der Waals surface area (Å²) in [7, 11) is 3.54. The standard InChI is InChI=1S/C21H33N3O3.HI/c1-22-21(23-15-17-6-5-8-19(14-17)25-2)24-11-9-18(10-12-24)27-16-20-7-3-4-13-26-20;/h5-6,8,14,18,20H,3-4,7,9-13,15-16H2,1-2H3,(H,22,23);1H. The molecule has 2 aliphatic heterocycles. The number of hydrogen-bond acceptors (Lipinski definition) is 4. The van der Waals surface area contributed by atoms with Crippen LogP contribution >= 0.6 is 24.0 Å². The Morgan fingerprint density at radius 1 is 1.25 bits per heavy atom. The number of rotatable bonds is 6. The first kappa shape index (κ1) is 23.2. The molecule has 6 nitrogen and oxygen atoms in total. The lowest BCUT2D eigenvalue weighted by molar-refractivity contribution is -0.0721. The fourth-order valence-electron chi connectivity index (χ4n) is 3.71. The van der Waals surface area contributed by atoms with Crippen LogP contribution in [0, 0.1) is 0 Å². The molecule has 3 rings (SSSR count). The third kappa shape index (κ3) is 7.08. The van der Waals surface area contributed by atoms with Crippen LogP contribution in [0.4, 0.5) is 0 Å². The van der Waals surface area contributed by atoms with Gasteiger partial charge in [0.25, 0.3) is 0 Å². The van der Waals surface area contributed by atoms with Crippen molar-refractivity contribution in [2.75, 3.05) is 40.5 Å². The van der Waals surface area contributed by atoms with E-state index in [2.05, 4.69) is 21.3 Å². The zero-order valence-electron chi connectivity index (χ0n) is 17.1. The largest absolute Gasteiger partial charge is 0.497 e. The van der Waals surface area contributed by atoms with Crippen LogP contribution < -0.4 is 10.1 Å². The summed E-state index contributed by atoms with van der Waals surface area (Å²) in [5, 5.41) is 3.46. The maximum atomic E-state index is 6.11. The summed E-state index contributed by atoms with van der Waals surface area (Å²) in [6, 6.07) is 8.11. The Balaban J connectivity index is 0.00000280. The highest BCUT2D eigenvalue weighted by Gasteiger charge is 2.23. The van der Waals surface area contributed by atoms with E-state index < -0.39 is 0 Å². The SMILES string of the molecule is CN=C(NCc1cccc(OC)c1)N1CCC(OCC2CCCCO2)CC1.I. The molecular formula is C21H34IN3O3. The number of aliphatic imine (C=N–C) groups is 1. The van der Waals surface area contributed by atoms with E-state index in [0.717, 1.165) is 63.8 Å². The predicted molar refractivity (Wildman–Crippen MR) is 123 cm³/mol. The Labute approximate surface area is 186 Å². The van der Waals surface area contributed by atoms with Gasteiger partial charge in [-0.3, -0.25) is 4.99 Å². The fourth-order valence-corrected chi connectivity index (χ4v) is 3.71. The minimum atomic E-state index is 0. The molecule has 0 aliphatic carbocycles. The minimum Gasteiger partial charge on any atom is -0.497 e. The number of methoxy groups -OCH3 is 1. The molecule has 2 fully saturated rings. The summed E-state index contributed by atoms with van der Waals surface area (Å²) in [4.78, 5) is 6.77. The number of nitrogens with zero attached hydrogens (tertiary/aromatic N) is 2. The smallest absolute Gasteiger partial charge is 0.193 e. The van der Waals surface area contributed by atoms with Crippen LogP contribution in [0.2, 0.25) is 0 Å². The van der Waals surface area contributed by atoms with Crippen LogP contribution in [0.25, 0.3) is 0 Å². The Morgan fingerprint density at radius 2 is 2.07 bits per heavy atom. The molecule has 1 N–H and O–H groups in total. The zero-order valence-corrected chi connectivity index (χ0v) is 19.4. The highest BCUT2D eigenvalue weighted by Crippen LogP contribution is 2.18. The Hall–Kier alpha value is -1.06. The van der Waals surface area contributed by atoms with Gasteiger partial charge < -0.3 is 24.4 Å². The molecule has 7 heteroatoms. The lowest BCUT2D eigenvalue weighted by Gasteiger charge is -2.35. The average molecular weight is 503 g/mol. The molecule has 0 amide bonds. The third-order valence-corrected chi connectivity index (χ3v) is 5.33. The van der Waals surface area contributed by atoms with E-state index in [-0.39, 0.29) is 24.0 Å². The normalized spacial score (nSPS) is 21.1. The van der Waals surface area contributed by atoms with Gasteiger partial charge in [0, 0.05) is 33.3 Å². The summed E-state index contributed by atoms with van der Waals surface area (Å²) in [6.45, 7) is 4.30. The van der Waals surface area contributed by atoms with E-state index in [1.165, 1.54) is 18.4 Å². The first-order valence-corrected chi connectivity index (χ1v) is 10.1. The van der Waals surface area contributed by atoms with Crippen LogP contribution in [-0.2, 0) is 16.0 Å². The zero-order chi connectivity index (χ0) is 18.9. The van der Waals surface area contributed by atoms with Crippen molar-refractivity contribution in [1.29, 1.82) is 0 Å². The highest BCUT2D eigenvalue weighted by molar-refractivity contribution is 14.0. The first-order chi connectivity index (χ1) is 13.3. The summed E-state index contributed by atoms with van der Waals surface area (Å²) < 4.78 is 17.2. The van der Waals surface area contributed by atoms with Gasteiger partial charge in [0.05, 0.1) is 25.9 Å². The predicted octanol–water partition coefficient (Wildman–Crippen LogP) is 3.44. The number of benzene rings is 1. The number of hydrogen-bond donors (Lipinski definition) is 1. The van der Waals surface area contributed by atoms with Crippen LogP contribution in [0.1, 0.15) is 37.7 Å². The second kappa shape index (κ2) is 12.5. The molecule has 1 aromatic carbocycles. The third-order valence-electron chi connectivity index (χ3n) is 5.33. The molecule has 2 aliphatic rings. The topological polar surface area (TPSA) is 55.3 Å². The van der Waals surface area contributed by atoms with Crippen LogP contribution in [0.5, 0.6) is 5.75 Å². The minimum absolute atomic E-state index is 0. The molecule has 0 bridgehead atoms. The number of nitrogens with one attached hydrogen (secondary N) is 1. The van der Waals surface area contributed by atoms with Gasteiger partial charge in [-0.2, -0.15) is 0 Å². The monoisotopic (exact) mass is 503 g/mol. The van der Waals surface area contributed by atoms with E-state index in [1.54, 1.807) is 7.11 Å². The van der Waals surface area contributed by atoms with E-state index in [1.807, 2.05) is 25.2 Å². The van der Waals surface area contributed by atoms with E-state index in [0.29, 0.717) is 12.2 Å². The molecule has 0 spiro atoms. The van der Waals surface area contributed by atoms with Crippen LogP contribution in [0.3, 0.4) is 0 Å². The van der Waals surface area contributed by atoms with Gasteiger partial charge in [0.15, 0.2) is 5.96 Å². The quantitative estimate of drug-likeness (QED) is 0.366.